The molecule has 2 aromatic carbocycles. The maximum Gasteiger partial charge on any atom is 0.240 e. The van der Waals surface area contributed by atoms with Crippen molar-refractivity contribution in [3.05, 3.63) is 47.5 Å². The molecule has 0 amide bonds. The summed E-state index contributed by atoms with van der Waals surface area (Å²) in [6, 6.07) is 10.1. The predicted octanol–water partition coefficient (Wildman–Crippen LogP) is 2.93. The van der Waals surface area contributed by atoms with Gasteiger partial charge in [0, 0.05) is 6.54 Å². The van der Waals surface area contributed by atoms with Crippen molar-refractivity contribution in [2.24, 2.45) is 0 Å². The van der Waals surface area contributed by atoms with Gasteiger partial charge in [0.15, 0.2) is 11.5 Å². The van der Waals surface area contributed by atoms with Crippen molar-refractivity contribution in [3.8, 4) is 17.2 Å². The van der Waals surface area contributed by atoms with Gasteiger partial charge in [-0.05, 0) is 67.8 Å². The lowest BCUT2D eigenvalue weighted by Crippen LogP contribution is -2.26. The van der Waals surface area contributed by atoms with Crippen molar-refractivity contribution in [3.63, 3.8) is 0 Å². The van der Waals surface area contributed by atoms with Gasteiger partial charge in [-0.1, -0.05) is 0 Å². The molecule has 0 saturated carbocycles. The maximum absolute atomic E-state index is 12.4. The fraction of sp³-hybridized carbons (Fsp3) is 0.368. The van der Waals surface area contributed by atoms with E-state index in [1.807, 2.05) is 26.0 Å². The van der Waals surface area contributed by atoms with Crippen LogP contribution in [0.3, 0.4) is 0 Å². The van der Waals surface area contributed by atoms with Gasteiger partial charge in [-0.3, -0.25) is 0 Å². The van der Waals surface area contributed by atoms with Gasteiger partial charge in [0.05, 0.1) is 25.7 Å². The molecule has 0 radical (unpaired) electrons. The third-order valence-corrected chi connectivity index (χ3v) is 5.45. The van der Waals surface area contributed by atoms with Crippen LogP contribution in [-0.2, 0) is 16.4 Å². The standard InChI is InChI=1S/C19H25NO5S/c1-5-25-16-6-8-17(9-7-16)26(21,22)20-11-10-15-13-19(24-4)18(23-3)12-14(15)2/h6-9,12-13,20H,5,10-11H2,1-4H3. The molecule has 0 aliphatic heterocycles. The largest absolute Gasteiger partial charge is 0.494 e. The van der Waals surface area contributed by atoms with E-state index in [0.717, 1.165) is 11.1 Å². The Hall–Kier alpha value is -2.25. The van der Waals surface area contributed by atoms with Gasteiger partial charge in [0.2, 0.25) is 10.0 Å². The summed E-state index contributed by atoms with van der Waals surface area (Å²) in [5.74, 6) is 1.93. The molecule has 0 aliphatic rings. The van der Waals surface area contributed by atoms with Crippen LogP contribution >= 0.6 is 0 Å². The molecular formula is C19H25NO5S. The van der Waals surface area contributed by atoms with E-state index in [4.69, 9.17) is 14.2 Å². The smallest absolute Gasteiger partial charge is 0.240 e. The molecule has 2 rings (SSSR count). The molecular weight excluding hydrogens is 354 g/mol. The van der Waals surface area contributed by atoms with Crippen molar-refractivity contribution in [2.45, 2.75) is 25.2 Å². The molecule has 0 atom stereocenters. The summed E-state index contributed by atoms with van der Waals surface area (Å²) < 4.78 is 43.3. The number of ether oxygens (including phenoxy) is 3. The van der Waals surface area contributed by atoms with Crippen LogP contribution < -0.4 is 18.9 Å². The molecule has 6 nitrogen and oxygen atoms in total. The second-order valence-corrected chi connectivity index (χ2v) is 7.45. The monoisotopic (exact) mass is 379 g/mol. The zero-order chi connectivity index (χ0) is 19.2. The topological polar surface area (TPSA) is 73.9 Å². The quantitative estimate of drug-likeness (QED) is 0.725. The molecule has 0 spiro atoms. The van der Waals surface area contributed by atoms with E-state index in [0.29, 0.717) is 30.3 Å². The maximum atomic E-state index is 12.4. The molecule has 0 aliphatic carbocycles. The van der Waals surface area contributed by atoms with Crippen LogP contribution in [-0.4, -0.2) is 35.8 Å². The van der Waals surface area contributed by atoms with Crippen LogP contribution in [0.15, 0.2) is 41.3 Å². The van der Waals surface area contributed by atoms with E-state index in [1.54, 1.807) is 26.4 Å². The third kappa shape index (κ3) is 4.89. The zero-order valence-electron chi connectivity index (χ0n) is 15.5. The Labute approximate surface area is 155 Å². The Morgan fingerprint density at radius 2 is 1.62 bits per heavy atom. The van der Waals surface area contributed by atoms with Crippen molar-refractivity contribution < 1.29 is 22.6 Å². The van der Waals surface area contributed by atoms with Crippen molar-refractivity contribution in [2.75, 3.05) is 27.4 Å². The lowest BCUT2D eigenvalue weighted by molar-refractivity contribution is 0.340. The summed E-state index contributed by atoms with van der Waals surface area (Å²) >= 11 is 0. The van der Waals surface area contributed by atoms with Crippen LogP contribution in [0.2, 0.25) is 0 Å². The van der Waals surface area contributed by atoms with Crippen LogP contribution in [0, 0.1) is 6.92 Å². The van der Waals surface area contributed by atoms with E-state index in [1.165, 1.54) is 12.1 Å². The van der Waals surface area contributed by atoms with Gasteiger partial charge in [0.1, 0.15) is 5.75 Å². The molecule has 0 heterocycles. The number of rotatable bonds is 9. The summed E-state index contributed by atoms with van der Waals surface area (Å²) in [5.41, 5.74) is 2.01. The first kappa shape index (κ1) is 20.1. The van der Waals surface area contributed by atoms with Crippen LogP contribution in [0.4, 0.5) is 0 Å². The Morgan fingerprint density at radius 3 is 2.19 bits per heavy atom. The van der Waals surface area contributed by atoms with Crippen molar-refractivity contribution in [1.29, 1.82) is 0 Å². The summed E-state index contributed by atoms with van der Waals surface area (Å²) in [7, 11) is -0.405. The van der Waals surface area contributed by atoms with Crippen LogP contribution in [0.5, 0.6) is 17.2 Å². The molecule has 1 N–H and O–H groups in total. The molecule has 0 bridgehead atoms. The van der Waals surface area contributed by atoms with E-state index in [2.05, 4.69) is 4.72 Å². The number of sulfonamides is 1. The highest BCUT2D eigenvalue weighted by Gasteiger charge is 2.14. The van der Waals surface area contributed by atoms with E-state index in [9.17, 15) is 8.42 Å². The molecule has 2 aromatic rings. The average Bonchev–Trinajstić information content (AvgIpc) is 2.63. The van der Waals surface area contributed by atoms with E-state index in [-0.39, 0.29) is 11.4 Å². The SMILES string of the molecule is CCOc1ccc(S(=O)(=O)NCCc2cc(OC)c(OC)cc2C)cc1. The van der Waals surface area contributed by atoms with Crippen molar-refractivity contribution in [1.82, 2.24) is 4.72 Å². The Balaban J connectivity index is 2.04. The van der Waals surface area contributed by atoms with Gasteiger partial charge in [-0.15, -0.1) is 0 Å². The second-order valence-electron chi connectivity index (χ2n) is 5.69. The molecule has 0 fully saturated rings. The fourth-order valence-electron chi connectivity index (χ4n) is 2.58. The fourth-order valence-corrected chi connectivity index (χ4v) is 3.61. The highest BCUT2D eigenvalue weighted by molar-refractivity contribution is 7.89. The average molecular weight is 379 g/mol. The molecule has 0 unspecified atom stereocenters. The van der Waals surface area contributed by atoms with E-state index < -0.39 is 10.0 Å². The molecule has 0 aromatic heterocycles. The summed E-state index contributed by atoms with van der Waals surface area (Å²) in [4.78, 5) is 0.213. The lowest BCUT2D eigenvalue weighted by atomic mass is 10.0. The molecule has 7 heteroatoms. The van der Waals surface area contributed by atoms with Crippen LogP contribution in [0.25, 0.3) is 0 Å². The summed E-state index contributed by atoms with van der Waals surface area (Å²) in [6.45, 7) is 4.65. The predicted molar refractivity (Wildman–Crippen MR) is 101 cm³/mol. The highest BCUT2D eigenvalue weighted by Crippen LogP contribution is 2.30. The molecule has 26 heavy (non-hydrogen) atoms. The first-order chi connectivity index (χ1) is 12.4. The number of hydrogen-bond donors (Lipinski definition) is 1. The number of benzene rings is 2. The number of methoxy groups -OCH3 is 2. The van der Waals surface area contributed by atoms with Gasteiger partial charge >= 0.3 is 0 Å². The minimum atomic E-state index is -3.56. The Bertz CT molecular complexity index is 832. The summed E-state index contributed by atoms with van der Waals surface area (Å²) in [5, 5.41) is 0. The van der Waals surface area contributed by atoms with E-state index >= 15 is 0 Å². The van der Waals surface area contributed by atoms with Crippen LogP contribution in [0.1, 0.15) is 18.1 Å². The zero-order valence-corrected chi connectivity index (χ0v) is 16.4. The lowest BCUT2D eigenvalue weighted by Gasteiger charge is -2.13. The first-order valence-electron chi connectivity index (χ1n) is 8.35. The number of hydrogen-bond acceptors (Lipinski definition) is 5. The summed E-state index contributed by atoms with van der Waals surface area (Å²) in [6.07, 6.45) is 0.544. The number of aryl methyl sites for hydroxylation is 1. The van der Waals surface area contributed by atoms with Gasteiger partial charge in [-0.2, -0.15) is 0 Å². The first-order valence-corrected chi connectivity index (χ1v) is 9.83. The van der Waals surface area contributed by atoms with Gasteiger partial charge < -0.3 is 14.2 Å². The Morgan fingerprint density at radius 1 is 1.00 bits per heavy atom. The minimum absolute atomic E-state index is 0.213. The Kier molecular flexibility index (Phi) is 6.88. The number of nitrogens with one attached hydrogen (secondary N) is 1. The third-order valence-electron chi connectivity index (χ3n) is 3.97. The molecule has 142 valence electrons. The van der Waals surface area contributed by atoms with Gasteiger partial charge in [-0.25, -0.2) is 13.1 Å². The highest BCUT2D eigenvalue weighted by atomic mass is 32.2. The molecule has 0 saturated heterocycles. The normalized spacial score (nSPS) is 11.2. The minimum Gasteiger partial charge on any atom is -0.494 e. The van der Waals surface area contributed by atoms with Gasteiger partial charge in [0.25, 0.3) is 0 Å². The van der Waals surface area contributed by atoms with Crippen molar-refractivity contribution >= 4 is 10.0 Å². The second kappa shape index (κ2) is 8.91.